The second-order valence-corrected chi connectivity index (χ2v) is 7.48. The molecule has 0 saturated carbocycles. The molecule has 2 nitrogen and oxygen atoms in total. The predicted octanol–water partition coefficient (Wildman–Crippen LogP) is 3.91. The number of halogens is 1. The zero-order valence-corrected chi connectivity index (χ0v) is 13.4. The van der Waals surface area contributed by atoms with Crippen LogP contribution in [-0.2, 0) is 6.54 Å². The molecule has 2 N–H and O–H groups in total. The molecule has 2 rings (SSSR count). The number of thiophene rings is 1. The summed E-state index contributed by atoms with van der Waals surface area (Å²) >= 11 is 1.65. The molecule has 0 bridgehead atoms. The van der Waals surface area contributed by atoms with Crippen LogP contribution >= 0.6 is 11.3 Å². The normalized spacial score (nSPS) is 13.8. The van der Waals surface area contributed by atoms with Crippen molar-refractivity contribution < 1.29 is 4.39 Å². The molecule has 0 aliphatic carbocycles. The van der Waals surface area contributed by atoms with Crippen LogP contribution in [0.4, 0.5) is 4.39 Å². The van der Waals surface area contributed by atoms with E-state index in [4.69, 9.17) is 0 Å². The molecule has 0 fully saturated rings. The minimum atomic E-state index is -0.165. The highest BCUT2D eigenvalue weighted by atomic mass is 32.1. The van der Waals surface area contributed by atoms with Crippen LogP contribution in [0.15, 0.2) is 24.3 Å². The molecule has 20 heavy (non-hydrogen) atoms. The molecular formula is C16H23FN2S. The van der Waals surface area contributed by atoms with E-state index >= 15 is 0 Å². The maximum absolute atomic E-state index is 13.2. The van der Waals surface area contributed by atoms with Gasteiger partial charge in [0.15, 0.2) is 0 Å². The Hall–Kier alpha value is -0.970. The van der Waals surface area contributed by atoms with Gasteiger partial charge in [-0.3, -0.25) is 0 Å². The van der Waals surface area contributed by atoms with Gasteiger partial charge in [0.25, 0.3) is 0 Å². The van der Waals surface area contributed by atoms with Crippen LogP contribution in [0.5, 0.6) is 0 Å². The largest absolute Gasteiger partial charge is 0.311 e. The van der Waals surface area contributed by atoms with Crippen molar-refractivity contribution in [1.29, 1.82) is 0 Å². The molecule has 1 unspecified atom stereocenters. The Labute approximate surface area is 124 Å². The van der Waals surface area contributed by atoms with Gasteiger partial charge >= 0.3 is 0 Å². The highest BCUT2D eigenvalue weighted by Gasteiger charge is 2.11. The standard InChI is InChI=1S/C16H23FN2S/c1-11(9-19-16(2,3)4)18-10-14-7-12-5-6-13(17)8-15(12)20-14/h5-8,11,18-19H,9-10H2,1-4H3. The van der Waals surface area contributed by atoms with Crippen molar-refractivity contribution in [2.24, 2.45) is 0 Å². The number of hydrogen-bond donors (Lipinski definition) is 2. The second-order valence-electron chi connectivity index (χ2n) is 6.31. The fourth-order valence-electron chi connectivity index (χ4n) is 1.95. The van der Waals surface area contributed by atoms with E-state index in [-0.39, 0.29) is 11.4 Å². The van der Waals surface area contributed by atoms with Crippen molar-refractivity contribution in [2.75, 3.05) is 6.54 Å². The molecule has 1 heterocycles. The molecule has 4 heteroatoms. The van der Waals surface area contributed by atoms with E-state index in [1.165, 1.54) is 10.9 Å². The molecular weight excluding hydrogens is 271 g/mol. The summed E-state index contributed by atoms with van der Waals surface area (Å²) in [6.07, 6.45) is 0. The van der Waals surface area contributed by atoms with Gasteiger partial charge in [-0.2, -0.15) is 0 Å². The summed E-state index contributed by atoms with van der Waals surface area (Å²) in [6.45, 7) is 10.4. The van der Waals surface area contributed by atoms with Gasteiger partial charge < -0.3 is 10.6 Å². The lowest BCUT2D eigenvalue weighted by Crippen LogP contribution is -2.44. The maximum Gasteiger partial charge on any atom is 0.124 e. The first kappa shape index (κ1) is 15.4. The Morgan fingerprint density at radius 3 is 2.70 bits per heavy atom. The monoisotopic (exact) mass is 294 g/mol. The van der Waals surface area contributed by atoms with E-state index in [1.807, 2.05) is 6.07 Å². The molecule has 110 valence electrons. The van der Waals surface area contributed by atoms with Crippen molar-refractivity contribution in [3.8, 4) is 0 Å². The minimum Gasteiger partial charge on any atom is -0.311 e. The molecule has 1 aromatic carbocycles. The van der Waals surface area contributed by atoms with Crippen LogP contribution in [0.3, 0.4) is 0 Å². The average molecular weight is 294 g/mol. The molecule has 0 spiro atoms. The predicted molar refractivity (Wildman–Crippen MR) is 85.8 cm³/mol. The third-order valence-corrected chi connectivity index (χ3v) is 4.19. The smallest absolute Gasteiger partial charge is 0.124 e. The Kier molecular flexibility index (Phi) is 4.78. The van der Waals surface area contributed by atoms with Crippen molar-refractivity contribution in [3.63, 3.8) is 0 Å². The lowest BCUT2D eigenvalue weighted by atomic mass is 10.1. The highest BCUT2D eigenvalue weighted by molar-refractivity contribution is 7.19. The van der Waals surface area contributed by atoms with Crippen molar-refractivity contribution >= 4 is 21.4 Å². The lowest BCUT2D eigenvalue weighted by molar-refractivity contribution is 0.388. The third-order valence-electron chi connectivity index (χ3n) is 3.10. The summed E-state index contributed by atoms with van der Waals surface area (Å²) in [5, 5.41) is 8.10. The lowest BCUT2D eigenvalue weighted by Gasteiger charge is -2.23. The topological polar surface area (TPSA) is 24.1 Å². The highest BCUT2D eigenvalue weighted by Crippen LogP contribution is 2.26. The summed E-state index contributed by atoms with van der Waals surface area (Å²) in [7, 11) is 0. The summed E-state index contributed by atoms with van der Waals surface area (Å²) in [5.41, 5.74) is 0.144. The SMILES string of the molecule is CC(CNC(C)(C)C)NCc1cc2ccc(F)cc2s1. The van der Waals surface area contributed by atoms with Crippen LogP contribution < -0.4 is 10.6 Å². The molecule has 0 amide bonds. The van der Waals surface area contributed by atoms with E-state index in [2.05, 4.69) is 44.4 Å². The third kappa shape index (κ3) is 4.54. The number of benzene rings is 1. The van der Waals surface area contributed by atoms with E-state index in [0.717, 1.165) is 23.2 Å². The molecule has 0 aliphatic heterocycles. The number of hydrogen-bond acceptors (Lipinski definition) is 3. The van der Waals surface area contributed by atoms with Gasteiger partial charge in [0, 0.05) is 34.2 Å². The summed E-state index contributed by atoms with van der Waals surface area (Å²) in [5.74, 6) is -0.165. The van der Waals surface area contributed by atoms with Gasteiger partial charge in [-0.05, 0) is 51.3 Å². The molecule has 1 aromatic heterocycles. The maximum atomic E-state index is 13.2. The quantitative estimate of drug-likeness (QED) is 0.874. The second kappa shape index (κ2) is 6.20. The van der Waals surface area contributed by atoms with Gasteiger partial charge in [-0.1, -0.05) is 6.07 Å². The van der Waals surface area contributed by atoms with Crippen LogP contribution in [0.2, 0.25) is 0 Å². The van der Waals surface area contributed by atoms with Gasteiger partial charge in [-0.15, -0.1) is 11.3 Å². The minimum absolute atomic E-state index is 0.144. The fourth-order valence-corrected chi connectivity index (χ4v) is 2.99. The van der Waals surface area contributed by atoms with Gasteiger partial charge in [0.05, 0.1) is 0 Å². The molecule has 1 atom stereocenters. The fraction of sp³-hybridized carbons (Fsp3) is 0.500. The average Bonchev–Trinajstić information content (AvgIpc) is 2.75. The van der Waals surface area contributed by atoms with Crippen molar-refractivity contribution in [1.82, 2.24) is 10.6 Å². The molecule has 2 aromatic rings. The zero-order valence-electron chi connectivity index (χ0n) is 12.6. The van der Waals surface area contributed by atoms with E-state index in [1.54, 1.807) is 17.4 Å². The molecule has 0 radical (unpaired) electrons. The van der Waals surface area contributed by atoms with Gasteiger partial charge in [0.1, 0.15) is 5.82 Å². The zero-order chi connectivity index (χ0) is 14.8. The van der Waals surface area contributed by atoms with E-state index in [0.29, 0.717) is 6.04 Å². The van der Waals surface area contributed by atoms with Crippen LogP contribution in [0.25, 0.3) is 10.1 Å². The van der Waals surface area contributed by atoms with Crippen molar-refractivity contribution in [2.45, 2.75) is 45.8 Å². The summed E-state index contributed by atoms with van der Waals surface area (Å²) < 4.78 is 14.2. The molecule has 0 aliphatic rings. The number of fused-ring (bicyclic) bond motifs is 1. The first-order valence-electron chi connectivity index (χ1n) is 7.00. The first-order chi connectivity index (χ1) is 9.33. The van der Waals surface area contributed by atoms with Crippen LogP contribution in [0.1, 0.15) is 32.6 Å². The van der Waals surface area contributed by atoms with E-state index < -0.39 is 0 Å². The Balaban J connectivity index is 1.89. The van der Waals surface area contributed by atoms with E-state index in [9.17, 15) is 4.39 Å². The first-order valence-corrected chi connectivity index (χ1v) is 7.81. The van der Waals surface area contributed by atoms with Gasteiger partial charge in [-0.25, -0.2) is 4.39 Å². The Morgan fingerprint density at radius 2 is 2.00 bits per heavy atom. The Morgan fingerprint density at radius 1 is 1.25 bits per heavy atom. The Bertz CT molecular complexity index is 571. The summed E-state index contributed by atoms with van der Waals surface area (Å²) in [4.78, 5) is 1.24. The van der Waals surface area contributed by atoms with Crippen LogP contribution in [-0.4, -0.2) is 18.1 Å². The number of nitrogens with one attached hydrogen (secondary N) is 2. The summed E-state index contributed by atoms with van der Waals surface area (Å²) in [6, 6.07) is 7.50. The van der Waals surface area contributed by atoms with Crippen molar-refractivity contribution in [3.05, 3.63) is 35.0 Å². The molecule has 0 saturated heterocycles. The van der Waals surface area contributed by atoms with Gasteiger partial charge in [0.2, 0.25) is 0 Å². The van der Waals surface area contributed by atoms with Crippen LogP contribution in [0, 0.1) is 5.82 Å². The number of rotatable bonds is 5.